The van der Waals surface area contributed by atoms with Gasteiger partial charge in [-0.15, -0.1) is 13.3 Å². The Morgan fingerprint density at radius 1 is 1.09 bits per heavy atom. The Morgan fingerprint density at radius 3 is 1.68 bits per heavy atom. The lowest BCUT2D eigenvalue weighted by molar-refractivity contribution is -0.805. The van der Waals surface area contributed by atoms with Crippen LogP contribution in [0.1, 0.15) is 0 Å². The van der Waals surface area contributed by atoms with Gasteiger partial charge in [-0.1, -0.05) is 0 Å². The monoisotopic (exact) mass is 332 g/mol. The molecule has 0 spiro atoms. The highest BCUT2D eigenvalue weighted by Gasteiger charge is 2.50. The van der Waals surface area contributed by atoms with Crippen molar-refractivity contribution in [2.24, 2.45) is 0 Å². The minimum Gasteiger partial charge on any atom is -0.542 e. The van der Waals surface area contributed by atoms with E-state index in [9.17, 15) is 31.1 Å². The van der Waals surface area contributed by atoms with Crippen molar-refractivity contribution in [2.45, 2.75) is 12.2 Å². The standard InChI is InChI=1S/C9H10F3N2O.C2HF3O2/c1-13(2)7-3-5-14(6-4-7)9(11,12)8(10)15;3-2(4,5)1(6)7/h3-6H,1-2H3;(H,6,7)/q+1;/p-1. The molecule has 1 aromatic rings. The van der Waals surface area contributed by atoms with Crippen molar-refractivity contribution in [3.63, 3.8) is 0 Å². The first-order chi connectivity index (χ1) is 9.80. The summed E-state index contributed by atoms with van der Waals surface area (Å²) in [5, 5.41) is 8.78. The molecule has 0 amide bonds. The van der Waals surface area contributed by atoms with Gasteiger partial charge in [0.05, 0.1) is 0 Å². The largest absolute Gasteiger partial charge is 0.557 e. The van der Waals surface area contributed by atoms with E-state index < -0.39 is 24.2 Å². The Balaban J connectivity index is 0.000000534. The average Bonchev–Trinajstić information content (AvgIpc) is 2.38. The molecule has 0 saturated carbocycles. The maximum atomic E-state index is 12.8. The van der Waals surface area contributed by atoms with Crippen LogP contribution in [-0.2, 0) is 15.6 Å². The van der Waals surface area contributed by atoms with Gasteiger partial charge in [-0.2, -0.15) is 17.6 Å². The Labute approximate surface area is 120 Å². The molecule has 0 aromatic carbocycles. The molecule has 22 heavy (non-hydrogen) atoms. The van der Waals surface area contributed by atoms with Crippen LogP contribution in [0.2, 0.25) is 0 Å². The van der Waals surface area contributed by atoms with Crippen LogP contribution in [0.3, 0.4) is 0 Å². The number of alkyl halides is 5. The summed E-state index contributed by atoms with van der Waals surface area (Å²) in [6.45, 7) is 0. The maximum Gasteiger partial charge on any atom is 0.557 e. The molecule has 11 heteroatoms. The molecule has 5 nitrogen and oxygen atoms in total. The highest BCUT2D eigenvalue weighted by Crippen LogP contribution is 2.16. The van der Waals surface area contributed by atoms with E-state index in [-0.39, 0.29) is 4.57 Å². The second-order valence-electron chi connectivity index (χ2n) is 3.96. The van der Waals surface area contributed by atoms with E-state index in [1.165, 1.54) is 12.1 Å². The summed E-state index contributed by atoms with van der Waals surface area (Å²) in [6.07, 6.45) is -3.29. The fourth-order valence-corrected chi connectivity index (χ4v) is 1.01. The summed E-state index contributed by atoms with van der Waals surface area (Å²) in [7, 11) is 3.47. The summed E-state index contributed by atoms with van der Waals surface area (Å²) in [5.74, 6) is -3.01. The average molecular weight is 332 g/mol. The molecule has 0 bridgehead atoms. The lowest BCUT2D eigenvalue weighted by atomic mass is 10.3. The van der Waals surface area contributed by atoms with Crippen LogP contribution < -0.4 is 14.6 Å². The van der Waals surface area contributed by atoms with Gasteiger partial charge in [0.25, 0.3) is 0 Å². The summed E-state index contributed by atoms with van der Waals surface area (Å²) in [4.78, 5) is 20.5. The first kappa shape index (κ1) is 19.7. The Morgan fingerprint density at radius 2 is 1.45 bits per heavy atom. The van der Waals surface area contributed by atoms with Crippen LogP contribution in [0, 0.1) is 0 Å². The van der Waals surface area contributed by atoms with Crippen molar-refractivity contribution in [1.29, 1.82) is 0 Å². The van der Waals surface area contributed by atoms with Crippen LogP contribution in [0.15, 0.2) is 24.5 Å². The molecule has 1 aromatic heterocycles. The third-order valence-electron chi connectivity index (χ3n) is 2.12. The number of nitrogens with zero attached hydrogens (tertiary/aromatic N) is 2. The van der Waals surface area contributed by atoms with Crippen molar-refractivity contribution < 1.29 is 45.6 Å². The van der Waals surface area contributed by atoms with Crippen molar-refractivity contribution in [1.82, 2.24) is 0 Å². The van der Waals surface area contributed by atoms with Crippen molar-refractivity contribution in [3.8, 4) is 0 Å². The van der Waals surface area contributed by atoms with Gasteiger partial charge < -0.3 is 14.8 Å². The summed E-state index contributed by atoms with van der Waals surface area (Å²) >= 11 is 0. The molecule has 0 atom stereocenters. The Bertz CT molecular complexity index is 528. The summed E-state index contributed by atoms with van der Waals surface area (Å²) < 4.78 is 69.4. The number of halogens is 6. The molecule has 1 heterocycles. The van der Waals surface area contributed by atoms with Gasteiger partial charge in [-0.3, -0.25) is 0 Å². The van der Waals surface area contributed by atoms with Crippen LogP contribution in [0.25, 0.3) is 0 Å². The molecule has 0 unspecified atom stereocenters. The molecule has 0 aliphatic heterocycles. The number of carbonyl (C=O) groups excluding carboxylic acids is 2. The molecule has 0 aliphatic rings. The van der Waals surface area contributed by atoms with Crippen LogP contribution in [0.4, 0.5) is 32.0 Å². The quantitative estimate of drug-likeness (QED) is 0.456. The normalized spacial score (nSPS) is 11.3. The third kappa shape index (κ3) is 5.58. The van der Waals surface area contributed by atoms with Crippen molar-refractivity contribution >= 4 is 17.7 Å². The van der Waals surface area contributed by atoms with Gasteiger partial charge in [0.15, 0.2) is 12.4 Å². The fourth-order valence-electron chi connectivity index (χ4n) is 1.01. The molecule has 0 saturated heterocycles. The van der Waals surface area contributed by atoms with Gasteiger partial charge >= 0.3 is 18.3 Å². The molecule has 0 fully saturated rings. The second-order valence-corrected chi connectivity index (χ2v) is 3.96. The predicted octanol–water partition coefficient (Wildman–Crippen LogP) is 0.384. The molecule has 1 rings (SSSR count). The molecular weight excluding hydrogens is 322 g/mol. The maximum absolute atomic E-state index is 12.8. The van der Waals surface area contributed by atoms with E-state index in [2.05, 4.69) is 0 Å². The number of carboxylic acid groups (broad SMARTS) is 1. The van der Waals surface area contributed by atoms with Crippen molar-refractivity contribution in [2.75, 3.05) is 19.0 Å². The topological polar surface area (TPSA) is 64.3 Å². The number of anilines is 1. The van der Waals surface area contributed by atoms with Crippen LogP contribution >= 0.6 is 0 Å². The number of rotatable bonds is 3. The first-order valence-corrected chi connectivity index (χ1v) is 5.35. The lowest BCUT2D eigenvalue weighted by Gasteiger charge is -2.11. The smallest absolute Gasteiger partial charge is 0.542 e. The Kier molecular flexibility index (Phi) is 6.34. The molecule has 0 N–H and O–H groups in total. The fraction of sp³-hybridized carbons (Fsp3) is 0.364. The molecule has 124 valence electrons. The zero-order valence-electron chi connectivity index (χ0n) is 11.2. The van der Waals surface area contributed by atoms with Gasteiger partial charge in [0.2, 0.25) is 0 Å². The SMILES string of the molecule is CN(C)c1cc[n+](C(F)(F)C(=O)F)cc1.O=C([O-])C(F)(F)F. The van der Waals surface area contributed by atoms with Gasteiger partial charge in [-0.05, 0) is 0 Å². The number of hydrogen-bond acceptors (Lipinski definition) is 4. The van der Waals surface area contributed by atoms with Crippen LogP contribution in [-0.4, -0.2) is 32.3 Å². The molecule has 0 aliphatic carbocycles. The molecular formula is C11H10F6N2O3. The summed E-state index contributed by atoms with van der Waals surface area (Å²) in [6, 6.07) is -4.09. The van der Waals surface area contributed by atoms with Gasteiger partial charge in [-0.25, -0.2) is 4.79 Å². The number of carbonyl (C=O) groups is 2. The van der Waals surface area contributed by atoms with E-state index in [0.29, 0.717) is 5.69 Å². The number of aliphatic carboxylic acids is 1. The first-order valence-electron chi connectivity index (χ1n) is 5.35. The predicted molar refractivity (Wildman–Crippen MR) is 58.3 cm³/mol. The zero-order valence-corrected chi connectivity index (χ0v) is 11.2. The minimum absolute atomic E-state index is 0.225. The van der Waals surface area contributed by atoms with Crippen LogP contribution in [0.5, 0.6) is 0 Å². The third-order valence-corrected chi connectivity index (χ3v) is 2.12. The number of aromatic nitrogens is 1. The number of hydrogen-bond donors (Lipinski definition) is 0. The van der Waals surface area contributed by atoms with E-state index in [4.69, 9.17) is 9.90 Å². The number of carboxylic acids is 1. The second kappa shape index (κ2) is 7.09. The van der Waals surface area contributed by atoms with Gasteiger partial charge in [0.1, 0.15) is 5.97 Å². The lowest BCUT2D eigenvalue weighted by Crippen LogP contribution is -2.53. The Hall–Kier alpha value is -2.33. The molecule has 0 radical (unpaired) electrons. The number of pyridine rings is 1. The summed E-state index contributed by atoms with van der Waals surface area (Å²) in [5.41, 5.74) is 0.674. The van der Waals surface area contributed by atoms with E-state index >= 15 is 0 Å². The zero-order chi connectivity index (χ0) is 17.7. The highest BCUT2D eigenvalue weighted by atomic mass is 19.4. The van der Waals surface area contributed by atoms with E-state index in [0.717, 1.165) is 12.4 Å². The van der Waals surface area contributed by atoms with Gasteiger partial charge in [0, 0.05) is 31.9 Å². The van der Waals surface area contributed by atoms with E-state index in [1.54, 1.807) is 19.0 Å². The van der Waals surface area contributed by atoms with Crippen molar-refractivity contribution in [3.05, 3.63) is 24.5 Å². The van der Waals surface area contributed by atoms with E-state index in [1.807, 2.05) is 0 Å². The minimum atomic E-state index is -5.19. The highest BCUT2D eigenvalue weighted by molar-refractivity contribution is 5.71.